The van der Waals surface area contributed by atoms with Crippen LogP contribution in [0.4, 0.5) is 5.69 Å². The van der Waals surface area contributed by atoms with E-state index in [-0.39, 0.29) is 18.2 Å². The normalized spacial score (nSPS) is 10.9. The van der Waals surface area contributed by atoms with Crippen LogP contribution >= 0.6 is 12.4 Å². The Morgan fingerprint density at radius 2 is 1.91 bits per heavy atom. The summed E-state index contributed by atoms with van der Waals surface area (Å²) in [4.78, 5) is 11.9. The molecule has 23 heavy (non-hydrogen) atoms. The zero-order valence-electron chi connectivity index (χ0n) is 13.8. The Hall–Kier alpha value is -1.11. The predicted molar refractivity (Wildman–Crippen MR) is 97.9 cm³/mol. The highest BCUT2D eigenvalue weighted by molar-refractivity contribution is 7.92. The molecule has 0 aliphatic rings. The third-order valence-corrected chi connectivity index (χ3v) is 4.81. The van der Waals surface area contributed by atoms with Crippen LogP contribution in [-0.4, -0.2) is 32.4 Å². The van der Waals surface area contributed by atoms with E-state index in [9.17, 15) is 13.2 Å². The number of halogens is 1. The second-order valence-corrected chi connectivity index (χ2v) is 7.51. The molecule has 7 heteroatoms. The summed E-state index contributed by atoms with van der Waals surface area (Å²) in [5.74, 6) is -0.847. The van der Waals surface area contributed by atoms with Gasteiger partial charge in [-0.25, -0.2) is 8.42 Å². The van der Waals surface area contributed by atoms with Crippen LogP contribution in [0.3, 0.4) is 0 Å². The maximum atomic E-state index is 11.9. The summed E-state index contributed by atoms with van der Waals surface area (Å²) in [6.07, 6.45) is 2.44. The Morgan fingerprint density at radius 3 is 2.57 bits per heavy atom. The maximum absolute atomic E-state index is 11.9. The predicted octanol–water partition coefficient (Wildman–Crippen LogP) is 2.76. The number of sulfone groups is 1. The van der Waals surface area contributed by atoms with Gasteiger partial charge in [0, 0.05) is 12.2 Å². The van der Waals surface area contributed by atoms with Crippen molar-refractivity contribution in [3.8, 4) is 0 Å². The van der Waals surface area contributed by atoms with Crippen molar-refractivity contribution in [2.75, 3.05) is 23.4 Å². The molecular formula is C16H27ClN2O3S. The molecule has 1 amide bonds. The summed E-state index contributed by atoms with van der Waals surface area (Å²) in [5.41, 5.74) is 1.68. The average Bonchev–Trinajstić information content (AvgIpc) is 2.45. The number of anilines is 1. The SMILES string of the molecule is CCCCCS(=O)(=O)CC(=O)Nc1cccc(CNCC)c1.Cl. The van der Waals surface area contributed by atoms with E-state index in [1.165, 1.54) is 0 Å². The molecule has 0 unspecified atom stereocenters. The van der Waals surface area contributed by atoms with Gasteiger partial charge < -0.3 is 10.6 Å². The molecule has 0 aliphatic carbocycles. The first kappa shape index (κ1) is 21.9. The van der Waals surface area contributed by atoms with Crippen molar-refractivity contribution in [3.05, 3.63) is 29.8 Å². The molecule has 0 saturated carbocycles. The van der Waals surface area contributed by atoms with Gasteiger partial charge >= 0.3 is 0 Å². The van der Waals surface area contributed by atoms with Crippen molar-refractivity contribution in [1.29, 1.82) is 0 Å². The zero-order chi connectivity index (χ0) is 16.4. The highest BCUT2D eigenvalue weighted by Crippen LogP contribution is 2.11. The molecule has 0 fully saturated rings. The molecule has 1 aromatic carbocycles. The van der Waals surface area contributed by atoms with Crippen LogP contribution in [-0.2, 0) is 21.2 Å². The Balaban J connectivity index is 0.00000484. The molecular weight excluding hydrogens is 336 g/mol. The average molecular weight is 363 g/mol. The van der Waals surface area contributed by atoms with Gasteiger partial charge in [-0.2, -0.15) is 0 Å². The molecule has 132 valence electrons. The largest absolute Gasteiger partial charge is 0.325 e. The summed E-state index contributed by atoms with van der Waals surface area (Å²) in [7, 11) is -3.32. The number of unbranched alkanes of at least 4 members (excludes halogenated alkanes) is 2. The van der Waals surface area contributed by atoms with Crippen molar-refractivity contribution in [1.82, 2.24) is 5.32 Å². The fourth-order valence-electron chi connectivity index (χ4n) is 2.07. The van der Waals surface area contributed by atoms with Crippen molar-refractivity contribution in [2.24, 2.45) is 0 Å². The van der Waals surface area contributed by atoms with Crippen LogP contribution in [0.1, 0.15) is 38.7 Å². The van der Waals surface area contributed by atoms with Crippen LogP contribution in [0.15, 0.2) is 24.3 Å². The summed E-state index contributed by atoms with van der Waals surface area (Å²) in [6, 6.07) is 7.42. The van der Waals surface area contributed by atoms with E-state index >= 15 is 0 Å². The van der Waals surface area contributed by atoms with E-state index < -0.39 is 21.5 Å². The lowest BCUT2D eigenvalue weighted by atomic mass is 10.2. The minimum absolute atomic E-state index is 0. The first-order chi connectivity index (χ1) is 10.5. The fourth-order valence-corrected chi connectivity index (χ4v) is 3.33. The smallest absolute Gasteiger partial charge is 0.239 e. The molecule has 1 aromatic rings. The molecule has 0 aromatic heterocycles. The van der Waals surface area contributed by atoms with Crippen LogP contribution in [0.25, 0.3) is 0 Å². The molecule has 0 heterocycles. The number of amides is 1. The van der Waals surface area contributed by atoms with Gasteiger partial charge in [0.25, 0.3) is 0 Å². The van der Waals surface area contributed by atoms with Gasteiger partial charge in [-0.15, -0.1) is 12.4 Å². The number of hydrogen-bond donors (Lipinski definition) is 2. The molecule has 5 nitrogen and oxygen atoms in total. The Labute approximate surface area is 145 Å². The number of hydrogen-bond acceptors (Lipinski definition) is 4. The maximum Gasteiger partial charge on any atom is 0.239 e. The Kier molecular flexibility index (Phi) is 10.9. The molecule has 2 N–H and O–H groups in total. The third kappa shape index (κ3) is 9.58. The van der Waals surface area contributed by atoms with E-state index in [4.69, 9.17) is 0 Å². The molecule has 0 saturated heterocycles. The third-order valence-electron chi connectivity index (χ3n) is 3.20. The number of carbonyl (C=O) groups is 1. The minimum atomic E-state index is -3.32. The van der Waals surface area contributed by atoms with E-state index in [0.29, 0.717) is 12.1 Å². The summed E-state index contributed by atoms with van der Waals surface area (Å²) < 4.78 is 23.7. The van der Waals surface area contributed by atoms with Gasteiger partial charge in [-0.3, -0.25) is 4.79 Å². The van der Waals surface area contributed by atoms with Crippen molar-refractivity contribution in [3.63, 3.8) is 0 Å². The van der Waals surface area contributed by atoms with Gasteiger partial charge in [0.15, 0.2) is 9.84 Å². The second-order valence-electron chi connectivity index (χ2n) is 5.33. The Bertz CT molecular complexity index is 576. The van der Waals surface area contributed by atoms with Crippen LogP contribution in [0.5, 0.6) is 0 Å². The molecule has 0 radical (unpaired) electrons. The lowest BCUT2D eigenvalue weighted by Gasteiger charge is -2.08. The summed E-state index contributed by atoms with van der Waals surface area (Å²) in [5, 5.41) is 5.86. The monoisotopic (exact) mass is 362 g/mol. The number of rotatable bonds is 10. The fraction of sp³-hybridized carbons (Fsp3) is 0.562. The van der Waals surface area contributed by atoms with Crippen LogP contribution in [0, 0.1) is 0 Å². The topological polar surface area (TPSA) is 75.3 Å². The van der Waals surface area contributed by atoms with Gasteiger partial charge in [-0.1, -0.05) is 38.8 Å². The standard InChI is InChI=1S/C16H26N2O3S.ClH/c1-3-5-6-10-22(20,21)13-16(19)18-15-9-7-8-14(11-15)12-17-4-2;/h7-9,11,17H,3-6,10,12-13H2,1-2H3,(H,18,19);1H. The van der Waals surface area contributed by atoms with Gasteiger partial charge in [-0.05, 0) is 30.7 Å². The van der Waals surface area contributed by atoms with Crippen molar-refractivity contribution in [2.45, 2.75) is 39.7 Å². The molecule has 1 rings (SSSR count). The second kappa shape index (κ2) is 11.4. The highest BCUT2D eigenvalue weighted by atomic mass is 35.5. The van der Waals surface area contributed by atoms with E-state index in [2.05, 4.69) is 10.6 Å². The molecule has 0 atom stereocenters. The van der Waals surface area contributed by atoms with Gasteiger partial charge in [0.2, 0.25) is 5.91 Å². The molecule has 0 spiro atoms. The van der Waals surface area contributed by atoms with Crippen LogP contribution < -0.4 is 10.6 Å². The van der Waals surface area contributed by atoms with E-state index in [0.717, 1.165) is 31.5 Å². The summed E-state index contributed by atoms with van der Waals surface area (Å²) >= 11 is 0. The van der Waals surface area contributed by atoms with E-state index in [1.54, 1.807) is 6.07 Å². The van der Waals surface area contributed by atoms with E-state index in [1.807, 2.05) is 32.0 Å². The zero-order valence-corrected chi connectivity index (χ0v) is 15.4. The lowest BCUT2D eigenvalue weighted by Crippen LogP contribution is -2.24. The number of carbonyl (C=O) groups excluding carboxylic acids is 1. The number of nitrogens with one attached hydrogen (secondary N) is 2. The first-order valence-corrected chi connectivity index (χ1v) is 9.59. The van der Waals surface area contributed by atoms with Crippen molar-refractivity contribution >= 4 is 33.8 Å². The molecule has 0 aliphatic heterocycles. The highest BCUT2D eigenvalue weighted by Gasteiger charge is 2.16. The number of benzene rings is 1. The quantitative estimate of drug-likeness (QED) is 0.627. The minimum Gasteiger partial charge on any atom is -0.325 e. The van der Waals surface area contributed by atoms with Crippen LogP contribution in [0.2, 0.25) is 0 Å². The Morgan fingerprint density at radius 1 is 1.17 bits per heavy atom. The van der Waals surface area contributed by atoms with Gasteiger partial charge in [0.05, 0.1) is 5.75 Å². The van der Waals surface area contributed by atoms with Crippen molar-refractivity contribution < 1.29 is 13.2 Å². The summed E-state index contributed by atoms with van der Waals surface area (Å²) in [6.45, 7) is 5.62. The lowest BCUT2D eigenvalue weighted by molar-refractivity contribution is -0.113. The first-order valence-electron chi connectivity index (χ1n) is 7.76. The van der Waals surface area contributed by atoms with Gasteiger partial charge in [0.1, 0.15) is 5.75 Å². The molecule has 0 bridgehead atoms.